The molecule has 23 heavy (non-hydrogen) atoms. The monoisotopic (exact) mass is 340 g/mol. The fourth-order valence-corrected chi connectivity index (χ4v) is 2.43. The summed E-state index contributed by atoms with van der Waals surface area (Å²) in [6.07, 6.45) is 3.28. The largest absolute Gasteiger partial charge is 0.352 e. The minimum atomic E-state index is -0.0540. The smallest absolute Gasteiger partial charge is 0.321 e. The summed E-state index contributed by atoms with van der Waals surface area (Å²) in [5.41, 5.74) is 7.09. The van der Waals surface area contributed by atoms with Gasteiger partial charge in [-0.2, -0.15) is 0 Å². The van der Waals surface area contributed by atoms with Crippen molar-refractivity contribution in [1.29, 1.82) is 0 Å². The van der Waals surface area contributed by atoms with Crippen LogP contribution in [0, 0.1) is 0 Å². The standard InChI is InChI=1S/C16H24N4O2.ClH/c17-8-4-7-15(21)18-12-13-5-3-6-14(11-13)19-16(22)20-9-1-2-10-20;/h3,5-6,11H,1-2,4,7-10,12,17H2,(H,18,21)(H,19,22);1H. The van der Waals surface area contributed by atoms with E-state index in [9.17, 15) is 9.59 Å². The maximum atomic E-state index is 12.0. The fraction of sp³-hybridized carbons (Fsp3) is 0.500. The molecular formula is C16H25ClN4O2. The summed E-state index contributed by atoms with van der Waals surface area (Å²) in [5, 5.41) is 5.76. The molecule has 1 fully saturated rings. The highest BCUT2D eigenvalue weighted by atomic mass is 35.5. The number of urea groups is 1. The van der Waals surface area contributed by atoms with Crippen LogP contribution in [0.3, 0.4) is 0 Å². The van der Waals surface area contributed by atoms with Gasteiger partial charge in [0.1, 0.15) is 0 Å². The Hall–Kier alpha value is -1.79. The molecule has 6 nitrogen and oxygen atoms in total. The van der Waals surface area contributed by atoms with Crippen molar-refractivity contribution >= 4 is 30.0 Å². The number of hydrogen-bond acceptors (Lipinski definition) is 3. The topological polar surface area (TPSA) is 87.5 Å². The Bertz CT molecular complexity index is 519. The van der Waals surface area contributed by atoms with E-state index in [0.717, 1.165) is 37.2 Å². The molecule has 1 aliphatic rings. The number of hydrogen-bond donors (Lipinski definition) is 3. The van der Waals surface area contributed by atoms with E-state index in [4.69, 9.17) is 5.73 Å². The summed E-state index contributed by atoms with van der Waals surface area (Å²) in [6, 6.07) is 7.49. The Labute approximate surface area is 143 Å². The number of halogens is 1. The van der Waals surface area contributed by atoms with Crippen LogP contribution >= 0.6 is 12.4 Å². The van der Waals surface area contributed by atoms with Crippen molar-refractivity contribution in [3.8, 4) is 0 Å². The lowest BCUT2D eigenvalue weighted by molar-refractivity contribution is -0.121. The molecule has 0 unspecified atom stereocenters. The first kappa shape index (κ1) is 19.3. The van der Waals surface area contributed by atoms with Crippen molar-refractivity contribution < 1.29 is 9.59 Å². The zero-order valence-electron chi connectivity index (χ0n) is 13.2. The molecule has 1 saturated heterocycles. The molecule has 0 spiro atoms. The van der Waals surface area contributed by atoms with E-state index in [2.05, 4.69) is 10.6 Å². The molecule has 0 aromatic heterocycles. The third-order valence-electron chi connectivity index (χ3n) is 3.67. The van der Waals surface area contributed by atoms with Gasteiger partial charge in [-0.25, -0.2) is 4.79 Å². The van der Waals surface area contributed by atoms with Gasteiger partial charge in [-0.05, 0) is 43.5 Å². The van der Waals surface area contributed by atoms with Gasteiger partial charge in [0.2, 0.25) is 5.91 Å². The SMILES string of the molecule is Cl.NCCCC(=O)NCc1cccc(NC(=O)N2CCCC2)c1. The first-order valence-corrected chi connectivity index (χ1v) is 7.80. The van der Waals surface area contributed by atoms with Crippen molar-refractivity contribution in [2.75, 3.05) is 25.0 Å². The molecule has 1 aliphatic heterocycles. The number of benzene rings is 1. The minimum Gasteiger partial charge on any atom is -0.352 e. The van der Waals surface area contributed by atoms with Crippen LogP contribution in [0.1, 0.15) is 31.2 Å². The zero-order valence-corrected chi connectivity index (χ0v) is 14.0. The number of likely N-dealkylation sites (tertiary alicyclic amines) is 1. The summed E-state index contributed by atoms with van der Waals surface area (Å²) >= 11 is 0. The lowest BCUT2D eigenvalue weighted by atomic mass is 10.2. The quantitative estimate of drug-likeness (QED) is 0.741. The Kier molecular flexibility index (Phi) is 8.43. The molecule has 1 heterocycles. The Morgan fingerprint density at radius 2 is 1.96 bits per heavy atom. The molecule has 0 atom stereocenters. The predicted octanol–water partition coefficient (Wildman–Crippen LogP) is 2.09. The number of nitrogens with zero attached hydrogens (tertiary/aromatic N) is 1. The summed E-state index contributed by atoms with van der Waals surface area (Å²) < 4.78 is 0. The number of carbonyl (C=O) groups excluding carboxylic acids is 2. The van der Waals surface area contributed by atoms with Crippen molar-refractivity contribution in [2.24, 2.45) is 5.73 Å². The molecular weight excluding hydrogens is 316 g/mol. The van der Waals surface area contributed by atoms with Crippen LogP contribution in [0.15, 0.2) is 24.3 Å². The van der Waals surface area contributed by atoms with E-state index in [1.54, 1.807) is 0 Å². The van der Waals surface area contributed by atoms with Gasteiger partial charge in [0.25, 0.3) is 0 Å². The Balaban J connectivity index is 0.00000264. The predicted molar refractivity (Wildman–Crippen MR) is 93.7 cm³/mol. The van der Waals surface area contributed by atoms with Gasteiger partial charge >= 0.3 is 6.03 Å². The van der Waals surface area contributed by atoms with E-state index in [1.165, 1.54) is 0 Å². The maximum Gasteiger partial charge on any atom is 0.321 e. The second kappa shape index (κ2) is 10.1. The highest BCUT2D eigenvalue weighted by molar-refractivity contribution is 5.89. The summed E-state index contributed by atoms with van der Waals surface area (Å²) in [5.74, 6) is -0.00282. The molecule has 3 amide bonds. The third-order valence-corrected chi connectivity index (χ3v) is 3.67. The number of amides is 3. The molecule has 0 saturated carbocycles. The molecule has 0 bridgehead atoms. The first-order valence-electron chi connectivity index (χ1n) is 7.80. The fourth-order valence-electron chi connectivity index (χ4n) is 2.43. The second-order valence-corrected chi connectivity index (χ2v) is 5.49. The number of rotatable bonds is 6. The molecule has 1 aromatic carbocycles. The van der Waals surface area contributed by atoms with Crippen LogP contribution in [-0.4, -0.2) is 36.5 Å². The lowest BCUT2D eigenvalue weighted by Crippen LogP contribution is -2.32. The van der Waals surface area contributed by atoms with E-state index >= 15 is 0 Å². The van der Waals surface area contributed by atoms with Gasteiger partial charge in [0, 0.05) is 31.7 Å². The Morgan fingerprint density at radius 1 is 1.22 bits per heavy atom. The molecule has 1 aromatic rings. The highest BCUT2D eigenvalue weighted by Gasteiger charge is 2.17. The maximum absolute atomic E-state index is 12.0. The number of nitrogens with two attached hydrogens (primary N) is 1. The summed E-state index contributed by atoms with van der Waals surface area (Å²) in [4.78, 5) is 25.4. The van der Waals surface area contributed by atoms with Gasteiger partial charge in [-0.15, -0.1) is 12.4 Å². The lowest BCUT2D eigenvalue weighted by Gasteiger charge is -2.16. The molecule has 7 heteroatoms. The van der Waals surface area contributed by atoms with Gasteiger partial charge in [-0.3, -0.25) is 4.79 Å². The summed E-state index contributed by atoms with van der Waals surface area (Å²) in [6.45, 7) is 2.62. The Morgan fingerprint density at radius 3 is 2.65 bits per heavy atom. The third kappa shape index (κ3) is 6.46. The minimum absolute atomic E-state index is 0. The molecule has 128 valence electrons. The molecule has 0 radical (unpaired) electrons. The summed E-state index contributed by atoms with van der Waals surface area (Å²) in [7, 11) is 0. The molecule has 0 aliphatic carbocycles. The van der Waals surface area contributed by atoms with Crippen LogP contribution in [-0.2, 0) is 11.3 Å². The van der Waals surface area contributed by atoms with Gasteiger partial charge in [0.05, 0.1) is 0 Å². The van der Waals surface area contributed by atoms with Gasteiger partial charge < -0.3 is 21.3 Å². The first-order chi connectivity index (χ1) is 10.7. The van der Waals surface area contributed by atoms with Crippen LogP contribution in [0.2, 0.25) is 0 Å². The number of carbonyl (C=O) groups is 2. The highest BCUT2D eigenvalue weighted by Crippen LogP contribution is 2.14. The average molecular weight is 341 g/mol. The van der Waals surface area contributed by atoms with E-state index in [1.807, 2.05) is 29.2 Å². The molecule has 2 rings (SSSR count). The van der Waals surface area contributed by atoms with Crippen LogP contribution in [0.4, 0.5) is 10.5 Å². The van der Waals surface area contributed by atoms with Crippen LogP contribution in [0.5, 0.6) is 0 Å². The van der Waals surface area contributed by atoms with Crippen molar-refractivity contribution in [2.45, 2.75) is 32.2 Å². The van der Waals surface area contributed by atoms with E-state index < -0.39 is 0 Å². The number of anilines is 1. The zero-order chi connectivity index (χ0) is 15.8. The van der Waals surface area contributed by atoms with Crippen LogP contribution in [0.25, 0.3) is 0 Å². The van der Waals surface area contributed by atoms with Gasteiger partial charge in [-0.1, -0.05) is 12.1 Å². The second-order valence-electron chi connectivity index (χ2n) is 5.49. The van der Waals surface area contributed by atoms with Crippen molar-refractivity contribution in [3.05, 3.63) is 29.8 Å². The normalized spacial score (nSPS) is 13.3. The van der Waals surface area contributed by atoms with Crippen molar-refractivity contribution in [3.63, 3.8) is 0 Å². The van der Waals surface area contributed by atoms with E-state index in [-0.39, 0.29) is 24.3 Å². The van der Waals surface area contributed by atoms with E-state index in [0.29, 0.717) is 25.9 Å². The molecule has 4 N–H and O–H groups in total. The van der Waals surface area contributed by atoms with Crippen LogP contribution < -0.4 is 16.4 Å². The number of nitrogens with one attached hydrogen (secondary N) is 2. The van der Waals surface area contributed by atoms with Gasteiger partial charge in [0.15, 0.2) is 0 Å². The average Bonchev–Trinajstić information content (AvgIpc) is 3.06. The van der Waals surface area contributed by atoms with Crippen molar-refractivity contribution in [1.82, 2.24) is 10.2 Å².